The third-order valence-electron chi connectivity index (χ3n) is 7.63. The maximum absolute atomic E-state index is 10.1. The summed E-state index contributed by atoms with van der Waals surface area (Å²) in [5.74, 6) is 1.87. The lowest BCUT2D eigenvalue weighted by atomic mass is 10.0. The maximum Gasteiger partial charge on any atom is 0.228 e. The topological polar surface area (TPSA) is 71.5 Å². The quantitative estimate of drug-likeness (QED) is 0.320. The van der Waals surface area contributed by atoms with Crippen molar-refractivity contribution in [3.8, 4) is 40.1 Å². The van der Waals surface area contributed by atoms with Crippen LogP contribution in [-0.2, 0) is 6.42 Å². The van der Waals surface area contributed by atoms with E-state index in [1.807, 2.05) is 36.4 Å². The average molecular weight is 498 g/mol. The van der Waals surface area contributed by atoms with Gasteiger partial charge in [-0.2, -0.15) is 5.26 Å². The van der Waals surface area contributed by atoms with Gasteiger partial charge in [0.2, 0.25) is 5.89 Å². The zero-order valence-corrected chi connectivity index (χ0v) is 20.5. The zero-order chi connectivity index (χ0) is 24.2. The zero-order valence-electron chi connectivity index (χ0n) is 19.7. The lowest BCUT2D eigenvalue weighted by Crippen LogP contribution is -2.23. The molecule has 7 rings (SSSR count). The van der Waals surface area contributed by atoms with E-state index in [2.05, 4.69) is 17.0 Å². The van der Waals surface area contributed by atoms with Gasteiger partial charge in [0, 0.05) is 11.6 Å². The number of rotatable bonds is 3. The summed E-state index contributed by atoms with van der Waals surface area (Å²) in [6.45, 7) is 3.32. The van der Waals surface area contributed by atoms with Crippen molar-refractivity contribution >= 4 is 22.7 Å². The van der Waals surface area contributed by atoms with Crippen LogP contribution < -0.4 is 9.47 Å². The first kappa shape index (κ1) is 21.7. The monoisotopic (exact) mass is 497 g/mol. The molecule has 0 spiro atoms. The first-order chi connectivity index (χ1) is 17.7. The highest BCUT2D eigenvalue weighted by molar-refractivity contribution is 6.36. The van der Waals surface area contributed by atoms with E-state index in [1.54, 1.807) is 0 Å². The first-order valence-electron chi connectivity index (χ1n) is 12.5. The fourth-order valence-corrected chi connectivity index (χ4v) is 6.24. The smallest absolute Gasteiger partial charge is 0.228 e. The van der Waals surface area contributed by atoms with Gasteiger partial charge in [0.1, 0.15) is 30.4 Å². The Morgan fingerprint density at radius 1 is 1.00 bits per heavy atom. The highest BCUT2D eigenvalue weighted by atomic mass is 35.5. The van der Waals surface area contributed by atoms with Gasteiger partial charge in [0.25, 0.3) is 0 Å². The predicted octanol–water partition coefficient (Wildman–Crippen LogP) is 6.54. The van der Waals surface area contributed by atoms with E-state index < -0.39 is 0 Å². The van der Waals surface area contributed by atoms with Crippen LogP contribution in [0.5, 0.6) is 11.5 Å². The Balaban J connectivity index is 1.32. The van der Waals surface area contributed by atoms with Crippen LogP contribution >= 0.6 is 11.6 Å². The van der Waals surface area contributed by atoms with E-state index in [1.165, 1.54) is 18.4 Å². The number of likely N-dealkylation sites (tertiary alicyclic amines) is 1. The van der Waals surface area contributed by atoms with Crippen molar-refractivity contribution in [2.24, 2.45) is 0 Å². The molecule has 36 heavy (non-hydrogen) atoms. The van der Waals surface area contributed by atoms with Crippen LogP contribution in [0.25, 0.3) is 33.7 Å². The largest absolute Gasteiger partial charge is 0.486 e. The number of fused-ring (bicyclic) bond motifs is 3. The van der Waals surface area contributed by atoms with Gasteiger partial charge >= 0.3 is 0 Å². The van der Waals surface area contributed by atoms with Crippen molar-refractivity contribution in [2.45, 2.75) is 31.7 Å². The van der Waals surface area contributed by atoms with Crippen LogP contribution in [0.15, 0.2) is 46.9 Å². The van der Waals surface area contributed by atoms with E-state index >= 15 is 0 Å². The van der Waals surface area contributed by atoms with E-state index in [4.69, 9.17) is 30.5 Å². The molecule has 3 aliphatic rings. The molecule has 2 aliphatic heterocycles. The number of hydrogen-bond acceptors (Lipinski definition) is 6. The minimum absolute atomic E-state index is 0.362. The number of oxazole rings is 1. The molecule has 1 aliphatic carbocycles. The Labute approximate surface area is 214 Å². The number of nitrogens with zero attached hydrogens (tertiary/aromatic N) is 3. The standard InChI is InChI=1S/C29H24ClN3O3/c30-27-18(17-6-9-25-26(14-17)35-13-12-34-25)4-3-5-20(27)29-32-23-15-21-19(22(16-31)28(23)36-29)7-8-24(21)33-10-1-2-11-33/h3-6,9,14-15,24H,1-2,7-8,10-13H2. The van der Waals surface area contributed by atoms with Crippen LogP contribution in [-0.4, -0.2) is 36.2 Å². The maximum atomic E-state index is 10.1. The van der Waals surface area contributed by atoms with E-state index in [0.29, 0.717) is 58.1 Å². The van der Waals surface area contributed by atoms with Crippen molar-refractivity contribution in [3.63, 3.8) is 0 Å². The van der Waals surface area contributed by atoms with Gasteiger partial charge in [-0.3, -0.25) is 4.90 Å². The Bertz CT molecular complexity index is 1550. The van der Waals surface area contributed by atoms with Crippen LogP contribution in [0.1, 0.15) is 42.0 Å². The van der Waals surface area contributed by atoms with E-state index in [0.717, 1.165) is 48.4 Å². The highest BCUT2D eigenvalue weighted by Crippen LogP contribution is 2.44. The number of nitriles is 1. The van der Waals surface area contributed by atoms with Gasteiger partial charge in [-0.05, 0) is 79.7 Å². The summed E-state index contributed by atoms with van der Waals surface area (Å²) < 4.78 is 17.7. The minimum atomic E-state index is 0.362. The predicted molar refractivity (Wildman–Crippen MR) is 137 cm³/mol. The normalized spacial score (nSPS) is 18.9. The summed E-state index contributed by atoms with van der Waals surface area (Å²) in [6.07, 6.45) is 4.43. The molecule has 0 saturated carbocycles. The Kier molecular flexibility index (Phi) is 5.16. The molecule has 4 aromatic rings. The Hall–Kier alpha value is -3.53. The van der Waals surface area contributed by atoms with Crippen LogP contribution in [0.2, 0.25) is 5.02 Å². The summed E-state index contributed by atoms with van der Waals surface area (Å²) in [5.41, 5.74) is 6.69. The van der Waals surface area contributed by atoms with Crippen molar-refractivity contribution in [1.29, 1.82) is 5.26 Å². The van der Waals surface area contributed by atoms with Gasteiger partial charge in [0.15, 0.2) is 17.1 Å². The van der Waals surface area contributed by atoms with E-state index in [9.17, 15) is 5.26 Å². The highest BCUT2D eigenvalue weighted by Gasteiger charge is 2.33. The van der Waals surface area contributed by atoms with Crippen molar-refractivity contribution < 1.29 is 13.9 Å². The van der Waals surface area contributed by atoms with Crippen molar-refractivity contribution in [1.82, 2.24) is 9.88 Å². The number of halogens is 1. The molecule has 0 amide bonds. The lowest BCUT2D eigenvalue weighted by molar-refractivity contribution is 0.171. The Morgan fingerprint density at radius 3 is 2.64 bits per heavy atom. The van der Waals surface area contributed by atoms with Gasteiger partial charge in [0.05, 0.1) is 10.6 Å². The average Bonchev–Trinajstić information content (AvgIpc) is 3.67. The number of hydrogen-bond donors (Lipinski definition) is 0. The molecule has 3 aromatic carbocycles. The SMILES string of the molecule is N#Cc1c2c(cc3nc(-c4cccc(-c5ccc6c(c5)OCCO6)c4Cl)oc13)C(N1CCCC1)CC2. The minimum Gasteiger partial charge on any atom is -0.486 e. The molecule has 1 saturated heterocycles. The summed E-state index contributed by atoms with van der Waals surface area (Å²) in [6, 6.07) is 16.6. The third kappa shape index (κ3) is 3.38. The van der Waals surface area contributed by atoms with Gasteiger partial charge < -0.3 is 13.9 Å². The fourth-order valence-electron chi connectivity index (χ4n) is 5.92. The lowest BCUT2D eigenvalue weighted by Gasteiger charge is -2.24. The fraction of sp³-hybridized carbons (Fsp3) is 0.310. The molecular weight excluding hydrogens is 474 g/mol. The van der Waals surface area contributed by atoms with Crippen LogP contribution in [0.3, 0.4) is 0 Å². The summed E-state index contributed by atoms with van der Waals surface area (Å²) in [5, 5.41) is 10.6. The van der Waals surface area contributed by atoms with Gasteiger partial charge in [-0.15, -0.1) is 0 Å². The van der Waals surface area contributed by atoms with E-state index in [-0.39, 0.29) is 0 Å². The number of aromatic nitrogens is 1. The molecule has 1 unspecified atom stereocenters. The molecular formula is C29H24ClN3O3. The molecule has 180 valence electrons. The van der Waals surface area contributed by atoms with Gasteiger partial charge in [-0.1, -0.05) is 29.8 Å². The number of benzene rings is 3. The molecule has 1 atom stereocenters. The molecule has 3 heterocycles. The summed E-state index contributed by atoms with van der Waals surface area (Å²) >= 11 is 6.93. The second-order valence-electron chi connectivity index (χ2n) is 9.62. The van der Waals surface area contributed by atoms with Crippen molar-refractivity contribution in [3.05, 3.63) is 64.2 Å². The molecule has 0 N–H and O–H groups in total. The van der Waals surface area contributed by atoms with Crippen LogP contribution in [0.4, 0.5) is 0 Å². The summed E-state index contributed by atoms with van der Waals surface area (Å²) in [4.78, 5) is 7.38. The second kappa shape index (κ2) is 8.55. The molecule has 0 radical (unpaired) electrons. The molecule has 7 heteroatoms. The number of ether oxygens (including phenoxy) is 2. The summed E-state index contributed by atoms with van der Waals surface area (Å²) in [7, 11) is 0. The van der Waals surface area contributed by atoms with Crippen molar-refractivity contribution in [2.75, 3.05) is 26.3 Å². The molecule has 1 aromatic heterocycles. The Morgan fingerprint density at radius 2 is 1.81 bits per heavy atom. The third-order valence-corrected chi connectivity index (χ3v) is 8.03. The van der Waals surface area contributed by atoms with Gasteiger partial charge in [-0.25, -0.2) is 4.98 Å². The first-order valence-corrected chi connectivity index (χ1v) is 12.9. The molecule has 6 nitrogen and oxygen atoms in total. The molecule has 1 fully saturated rings. The van der Waals surface area contributed by atoms with Crippen LogP contribution in [0, 0.1) is 11.3 Å². The second-order valence-corrected chi connectivity index (χ2v) is 10.00. The molecule has 0 bridgehead atoms.